The fourth-order valence-electron chi connectivity index (χ4n) is 4.00. The first-order valence-corrected chi connectivity index (χ1v) is 11.4. The van der Waals surface area contributed by atoms with Crippen molar-refractivity contribution in [3.63, 3.8) is 0 Å². The van der Waals surface area contributed by atoms with Crippen LogP contribution in [0.3, 0.4) is 0 Å². The predicted molar refractivity (Wildman–Crippen MR) is 126 cm³/mol. The monoisotopic (exact) mass is 435 g/mol. The molecule has 0 aliphatic heterocycles. The van der Waals surface area contributed by atoms with Crippen molar-refractivity contribution >= 4 is 0 Å². The number of aliphatic hydroxyl groups is 1. The molecular weight excluding hydrogens is 402 g/mol. The molecule has 4 rings (SSSR count). The third-order valence-corrected chi connectivity index (χ3v) is 5.72. The molecule has 1 saturated carbocycles. The molecule has 0 spiro atoms. The maximum atomic E-state index is 10.5. The molecule has 1 fully saturated rings. The SMILES string of the molecule is CCOC[C@@H](O)CN(Cc1c(-c2ccccc2)nn(C)c1Oc1cccc(C)c1)C1CC1. The Hall–Kier alpha value is -2.67. The standard InChI is InChI=1S/C26H33N3O3/c1-4-31-18-22(30)16-29(21-13-14-21)17-24-25(20-10-6-5-7-11-20)27-28(3)26(24)32-23-12-8-9-19(2)15-23/h5-12,15,21-22,30H,4,13-14,16-18H2,1-3H3/t22-/m0/s1. The average Bonchev–Trinajstić information content (AvgIpc) is 3.59. The highest BCUT2D eigenvalue weighted by molar-refractivity contribution is 5.65. The highest BCUT2D eigenvalue weighted by Gasteiger charge is 2.33. The maximum absolute atomic E-state index is 10.5. The van der Waals surface area contributed by atoms with E-state index in [1.807, 2.05) is 55.1 Å². The van der Waals surface area contributed by atoms with Crippen molar-refractivity contribution in [3.05, 3.63) is 65.7 Å². The summed E-state index contributed by atoms with van der Waals surface area (Å²) in [5.74, 6) is 1.53. The van der Waals surface area contributed by atoms with Crippen molar-refractivity contribution in [2.24, 2.45) is 7.05 Å². The normalized spacial score (nSPS) is 14.7. The molecule has 32 heavy (non-hydrogen) atoms. The summed E-state index contributed by atoms with van der Waals surface area (Å²) < 4.78 is 13.6. The van der Waals surface area contributed by atoms with Gasteiger partial charge in [-0.25, -0.2) is 4.68 Å². The molecule has 0 bridgehead atoms. The molecule has 0 amide bonds. The van der Waals surface area contributed by atoms with Crippen molar-refractivity contribution in [1.82, 2.24) is 14.7 Å². The van der Waals surface area contributed by atoms with Crippen LogP contribution in [-0.4, -0.2) is 51.7 Å². The van der Waals surface area contributed by atoms with Gasteiger partial charge >= 0.3 is 0 Å². The minimum Gasteiger partial charge on any atom is -0.439 e. The van der Waals surface area contributed by atoms with Crippen LogP contribution < -0.4 is 4.74 Å². The molecule has 1 heterocycles. The summed E-state index contributed by atoms with van der Waals surface area (Å²) in [6.45, 7) is 6.19. The lowest BCUT2D eigenvalue weighted by Gasteiger charge is -2.25. The Labute approximate surface area is 190 Å². The Balaban J connectivity index is 1.67. The van der Waals surface area contributed by atoms with Gasteiger partial charge in [0.2, 0.25) is 5.88 Å². The Bertz CT molecular complexity index is 1010. The van der Waals surface area contributed by atoms with E-state index in [2.05, 4.69) is 30.0 Å². The van der Waals surface area contributed by atoms with Crippen LogP contribution in [0.4, 0.5) is 0 Å². The first-order chi connectivity index (χ1) is 15.5. The topological polar surface area (TPSA) is 59.8 Å². The van der Waals surface area contributed by atoms with Crippen molar-refractivity contribution < 1.29 is 14.6 Å². The minimum atomic E-state index is -0.520. The first kappa shape index (κ1) is 22.5. The number of benzene rings is 2. The Morgan fingerprint density at radius 3 is 2.62 bits per heavy atom. The summed E-state index contributed by atoms with van der Waals surface area (Å²) in [7, 11) is 1.92. The lowest BCUT2D eigenvalue weighted by Crippen LogP contribution is -2.36. The van der Waals surface area contributed by atoms with Crippen LogP contribution in [0.2, 0.25) is 0 Å². The van der Waals surface area contributed by atoms with Crippen molar-refractivity contribution in [2.75, 3.05) is 19.8 Å². The zero-order valence-electron chi connectivity index (χ0n) is 19.2. The zero-order valence-corrected chi connectivity index (χ0v) is 19.2. The van der Waals surface area contributed by atoms with Gasteiger partial charge in [0.25, 0.3) is 0 Å². The third kappa shape index (κ3) is 5.57. The summed E-state index contributed by atoms with van der Waals surface area (Å²) >= 11 is 0. The van der Waals surface area contributed by atoms with Crippen LogP contribution in [0.1, 0.15) is 30.9 Å². The van der Waals surface area contributed by atoms with Crippen LogP contribution in [0.5, 0.6) is 11.6 Å². The summed E-state index contributed by atoms with van der Waals surface area (Å²) in [6, 6.07) is 18.7. The van der Waals surface area contributed by atoms with Gasteiger partial charge < -0.3 is 14.6 Å². The molecule has 1 aromatic heterocycles. The van der Waals surface area contributed by atoms with Crippen LogP contribution >= 0.6 is 0 Å². The van der Waals surface area contributed by atoms with Gasteiger partial charge in [-0.15, -0.1) is 0 Å². The number of rotatable bonds is 11. The second kappa shape index (κ2) is 10.3. The van der Waals surface area contributed by atoms with Gasteiger partial charge in [0.1, 0.15) is 11.4 Å². The van der Waals surface area contributed by atoms with E-state index in [0.717, 1.165) is 46.9 Å². The van der Waals surface area contributed by atoms with Crippen molar-refractivity contribution in [3.8, 4) is 22.9 Å². The largest absolute Gasteiger partial charge is 0.439 e. The van der Waals surface area contributed by atoms with Gasteiger partial charge in [0.15, 0.2) is 0 Å². The molecule has 0 unspecified atom stereocenters. The first-order valence-electron chi connectivity index (χ1n) is 11.4. The summed E-state index contributed by atoms with van der Waals surface area (Å²) in [6.07, 6.45) is 1.78. The molecule has 3 aromatic rings. The van der Waals surface area contributed by atoms with E-state index in [9.17, 15) is 5.11 Å². The van der Waals surface area contributed by atoms with E-state index in [0.29, 0.717) is 32.3 Å². The van der Waals surface area contributed by atoms with Gasteiger partial charge in [0, 0.05) is 38.3 Å². The van der Waals surface area contributed by atoms with Crippen molar-refractivity contribution in [1.29, 1.82) is 0 Å². The predicted octanol–water partition coefficient (Wildman–Crippen LogP) is 4.55. The number of aromatic nitrogens is 2. The van der Waals surface area contributed by atoms with E-state index >= 15 is 0 Å². The van der Waals surface area contributed by atoms with Crippen LogP contribution in [-0.2, 0) is 18.3 Å². The highest BCUT2D eigenvalue weighted by atomic mass is 16.5. The Morgan fingerprint density at radius 1 is 1.16 bits per heavy atom. The Morgan fingerprint density at radius 2 is 1.94 bits per heavy atom. The number of nitrogens with zero attached hydrogens (tertiary/aromatic N) is 3. The summed E-state index contributed by atoms with van der Waals surface area (Å²) in [4.78, 5) is 2.34. The number of hydrogen-bond acceptors (Lipinski definition) is 5. The lowest BCUT2D eigenvalue weighted by molar-refractivity contribution is 0.0178. The van der Waals surface area contributed by atoms with Gasteiger partial charge in [-0.1, -0.05) is 42.5 Å². The van der Waals surface area contributed by atoms with E-state index in [1.165, 1.54) is 0 Å². The van der Waals surface area contributed by atoms with E-state index in [4.69, 9.17) is 14.6 Å². The summed E-state index contributed by atoms with van der Waals surface area (Å²) in [5.41, 5.74) is 4.16. The van der Waals surface area contributed by atoms with Gasteiger partial charge in [-0.2, -0.15) is 5.10 Å². The minimum absolute atomic E-state index is 0.352. The molecule has 1 aliphatic carbocycles. The average molecular weight is 436 g/mol. The van der Waals surface area contributed by atoms with Gasteiger partial charge in [0.05, 0.1) is 18.3 Å². The van der Waals surface area contributed by atoms with Crippen LogP contribution in [0, 0.1) is 6.92 Å². The number of aryl methyl sites for hydroxylation is 2. The van der Waals surface area contributed by atoms with Crippen LogP contribution in [0.25, 0.3) is 11.3 Å². The number of aliphatic hydroxyl groups excluding tert-OH is 1. The molecule has 2 aromatic carbocycles. The molecule has 0 radical (unpaired) electrons. The van der Waals surface area contributed by atoms with E-state index in [-0.39, 0.29) is 0 Å². The molecule has 170 valence electrons. The molecule has 0 saturated heterocycles. The second-order valence-electron chi connectivity index (χ2n) is 8.51. The molecular formula is C26H33N3O3. The quantitative estimate of drug-likeness (QED) is 0.479. The highest BCUT2D eigenvalue weighted by Crippen LogP contribution is 2.37. The van der Waals surface area contributed by atoms with E-state index in [1.54, 1.807) is 0 Å². The van der Waals surface area contributed by atoms with E-state index < -0.39 is 6.10 Å². The Kier molecular flexibility index (Phi) is 7.25. The molecule has 6 nitrogen and oxygen atoms in total. The van der Waals surface area contributed by atoms with Crippen LogP contribution in [0.15, 0.2) is 54.6 Å². The molecule has 6 heteroatoms. The van der Waals surface area contributed by atoms with Gasteiger partial charge in [-0.3, -0.25) is 4.90 Å². The van der Waals surface area contributed by atoms with Crippen molar-refractivity contribution in [2.45, 2.75) is 45.4 Å². The van der Waals surface area contributed by atoms with Gasteiger partial charge in [-0.05, 0) is 44.4 Å². The molecule has 1 atom stereocenters. The third-order valence-electron chi connectivity index (χ3n) is 5.72. The number of hydrogen-bond donors (Lipinski definition) is 1. The smallest absolute Gasteiger partial charge is 0.222 e. The fourth-order valence-corrected chi connectivity index (χ4v) is 4.00. The number of ether oxygens (including phenoxy) is 2. The molecule has 1 N–H and O–H groups in total. The fraction of sp³-hybridized carbons (Fsp3) is 0.423. The molecule has 1 aliphatic rings. The lowest BCUT2D eigenvalue weighted by atomic mass is 10.1. The second-order valence-corrected chi connectivity index (χ2v) is 8.51. The summed E-state index contributed by atoms with van der Waals surface area (Å²) in [5, 5.41) is 15.4. The maximum Gasteiger partial charge on any atom is 0.222 e. The zero-order chi connectivity index (χ0) is 22.5.